The minimum absolute atomic E-state index is 0.0410. The largest absolute Gasteiger partial charge is 0.347 e. The van der Waals surface area contributed by atoms with Crippen LogP contribution < -0.4 is 11.1 Å². The van der Waals surface area contributed by atoms with Crippen molar-refractivity contribution in [3.05, 3.63) is 35.9 Å². The third kappa shape index (κ3) is 3.26. The van der Waals surface area contributed by atoms with Crippen LogP contribution in [0.3, 0.4) is 0 Å². The monoisotopic (exact) mass is 238 g/mol. The topological polar surface area (TPSA) is 73.6 Å². The zero-order valence-electron chi connectivity index (χ0n) is 10.1. The predicted molar refractivity (Wildman–Crippen MR) is 64.1 cm³/mol. The Morgan fingerprint density at radius 2 is 1.88 bits per heavy atom. The van der Waals surface area contributed by atoms with Crippen LogP contribution in [0.15, 0.2) is 30.3 Å². The highest BCUT2D eigenvalue weighted by Crippen LogP contribution is 2.09. The van der Waals surface area contributed by atoms with Crippen LogP contribution in [0, 0.1) is 0 Å². The molecule has 0 aliphatic heterocycles. The number of methoxy groups -OCH3 is 2. The fourth-order valence-electron chi connectivity index (χ4n) is 1.44. The van der Waals surface area contributed by atoms with Crippen molar-refractivity contribution in [3.8, 4) is 0 Å². The summed E-state index contributed by atoms with van der Waals surface area (Å²) in [5.41, 5.74) is 6.49. The van der Waals surface area contributed by atoms with E-state index in [-0.39, 0.29) is 12.5 Å². The standard InChI is InChI=1S/C12H18N2O3/c1-16-12(9-13,17-2)11(15)14-8-10-6-4-3-5-7-10/h3-7H,8-9,13H2,1-2H3,(H,14,15). The fraction of sp³-hybridized carbons (Fsp3) is 0.417. The molecule has 0 aliphatic carbocycles. The Morgan fingerprint density at radius 1 is 1.29 bits per heavy atom. The van der Waals surface area contributed by atoms with Gasteiger partial charge in [-0.2, -0.15) is 0 Å². The summed E-state index contributed by atoms with van der Waals surface area (Å²) in [6, 6.07) is 9.57. The number of hydrogen-bond donors (Lipinski definition) is 2. The minimum atomic E-state index is -1.41. The predicted octanol–water partition coefficient (Wildman–Crippen LogP) is 0.251. The first-order valence-corrected chi connectivity index (χ1v) is 5.31. The van der Waals surface area contributed by atoms with Gasteiger partial charge in [-0.25, -0.2) is 0 Å². The van der Waals surface area contributed by atoms with E-state index in [1.807, 2.05) is 30.3 Å². The quantitative estimate of drug-likeness (QED) is 0.697. The number of carbonyl (C=O) groups is 1. The Kier molecular flexibility index (Phi) is 5.09. The lowest BCUT2D eigenvalue weighted by Crippen LogP contribution is -2.54. The smallest absolute Gasteiger partial charge is 0.281 e. The molecule has 1 aromatic rings. The minimum Gasteiger partial charge on any atom is -0.347 e. The van der Waals surface area contributed by atoms with Gasteiger partial charge in [0, 0.05) is 20.8 Å². The molecule has 0 unspecified atom stereocenters. The molecule has 1 amide bonds. The molecular weight excluding hydrogens is 220 g/mol. The van der Waals surface area contributed by atoms with E-state index in [1.54, 1.807) is 0 Å². The van der Waals surface area contributed by atoms with Crippen LogP contribution in [0.25, 0.3) is 0 Å². The Labute approximate surface area is 101 Å². The average Bonchev–Trinajstić information content (AvgIpc) is 2.40. The van der Waals surface area contributed by atoms with Crippen molar-refractivity contribution in [1.82, 2.24) is 5.32 Å². The van der Waals surface area contributed by atoms with Crippen molar-refractivity contribution >= 4 is 5.91 Å². The molecule has 0 spiro atoms. The van der Waals surface area contributed by atoms with Crippen molar-refractivity contribution < 1.29 is 14.3 Å². The lowest BCUT2D eigenvalue weighted by Gasteiger charge is -2.27. The third-order valence-electron chi connectivity index (χ3n) is 2.57. The molecule has 0 saturated carbocycles. The highest BCUT2D eigenvalue weighted by Gasteiger charge is 2.37. The number of nitrogens with one attached hydrogen (secondary N) is 1. The first-order valence-electron chi connectivity index (χ1n) is 5.31. The van der Waals surface area contributed by atoms with Crippen LogP contribution >= 0.6 is 0 Å². The Morgan fingerprint density at radius 3 is 2.35 bits per heavy atom. The van der Waals surface area contributed by atoms with Gasteiger partial charge in [0.25, 0.3) is 11.7 Å². The lowest BCUT2D eigenvalue weighted by molar-refractivity contribution is -0.204. The molecule has 17 heavy (non-hydrogen) atoms. The van der Waals surface area contributed by atoms with Crippen molar-refractivity contribution in [3.63, 3.8) is 0 Å². The fourth-order valence-corrected chi connectivity index (χ4v) is 1.44. The van der Waals surface area contributed by atoms with Gasteiger partial charge in [-0.1, -0.05) is 30.3 Å². The highest BCUT2D eigenvalue weighted by atomic mass is 16.7. The van der Waals surface area contributed by atoms with E-state index >= 15 is 0 Å². The van der Waals surface area contributed by atoms with E-state index in [2.05, 4.69) is 5.32 Å². The molecular formula is C12H18N2O3. The zero-order chi connectivity index (χ0) is 12.7. The maximum Gasteiger partial charge on any atom is 0.281 e. The number of benzene rings is 1. The molecule has 94 valence electrons. The summed E-state index contributed by atoms with van der Waals surface area (Å²) in [4.78, 5) is 11.9. The maximum absolute atomic E-state index is 11.9. The van der Waals surface area contributed by atoms with Gasteiger partial charge in [0.15, 0.2) is 0 Å². The molecule has 0 aliphatic rings. The lowest BCUT2D eigenvalue weighted by atomic mass is 10.2. The van der Waals surface area contributed by atoms with Crippen molar-refractivity contribution in [1.29, 1.82) is 0 Å². The molecule has 1 rings (SSSR count). The molecule has 1 aromatic carbocycles. The number of ether oxygens (including phenoxy) is 2. The first kappa shape index (κ1) is 13.6. The number of rotatable bonds is 6. The number of hydrogen-bond acceptors (Lipinski definition) is 4. The maximum atomic E-state index is 11.9. The van der Waals surface area contributed by atoms with Crippen molar-refractivity contribution in [2.24, 2.45) is 5.73 Å². The van der Waals surface area contributed by atoms with Crippen LogP contribution in [0.5, 0.6) is 0 Å². The van der Waals surface area contributed by atoms with E-state index in [9.17, 15) is 4.79 Å². The summed E-state index contributed by atoms with van der Waals surface area (Å²) in [5, 5.41) is 2.72. The number of carbonyl (C=O) groups excluding carboxylic acids is 1. The Hall–Kier alpha value is -1.43. The highest BCUT2D eigenvalue weighted by molar-refractivity contribution is 5.83. The first-order chi connectivity index (χ1) is 8.18. The van der Waals surface area contributed by atoms with Crippen LogP contribution in [0.2, 0.25) is 0 Å². The normalized spacial score (nSPS) is 11.2. The van der Waals surface area contributed by atoms with Crippen LogP contribution in [-0.2, 0) is 20.8 Å². The molecule has 0 heterocycles. The summed E-state index contributed by atoms with van der Waals surface area (Å²) < 4.78 is 10.1. The van der Waals surface area contributed by atoms with Gasteiger partial charge in [-0.05, 0) is 5.56 Å². The zero-order valence-corrected chi connectivity index (χ0v) is 10.1. The molecule has 3 N–H and O–H groups in total. The van der Waals surface area contributed by atoms with E-state index in [1.165, 1.54) is 14.2 Å². The van der Waals surface area contributed by atoms with Crippen molar-refractivity contribution in [2.45, 2.75) is 12.3 Å². The summed E-state index contributed by atoms with van der Waals surface area (Å²) in [7, 11) is 2.77. The van der Waals surface area contributed by atoms with Gasteiger partial charge in [-0.3, -0.25) is 4.79 Å². The molecule has 5 heteroatoms. The van der Waals surface area contributed by atoms with Gasteiger partial charge in [0.1, 0.15) is 0 Å². The summed E-state index contributed by atoms with van der Waals surface area (Å²) in [6.45, 7) is 0.370. The second-order valence-electron chi connectivity index (χ2n) is 3.53. The van der Waals surface area contributed by atoms with Gasteiger partial charge in [0.05, 0.1) is 6.54 Å². The average molecular weight is 238 g/mol. The second kappa shape index (κ2) is 6.34. The molecule has 0 atom stereocenters. The van der Waals surface area contributed by atoms with Crippen LogP contribution in [-0.4, -0.2) is 32.5 Å². The number of nitrogens with two attached hydrogens (primary N) is 1. The second-order valence-corrected chi connectivity index (χ2v) is 3.53. The molecule has 0 radical (unpaired) electrons. The van der Waals surface area contributed by atoms with Crippen LogP contribution in [0.4, 0.5) is 0 Å². The van der Waals surface area contributed by atoms with E-state index in [0.29, 0.717) is 6.54 Å². The van der Waals surface area contributed by atoms with Gasteiger partial charge < -0.3 is 20.5 Å². The summed E-state index contributed by atoms with van der Waals surface area (Å²) in [5.74, 6) is -1.79. The molecule has 0 aromatic heterocycles. The van der Waals surface area contributed by atoms with E-state index < -0.39 is 5.79 Å². The SMILES string of the molecule is COC(CN)(OC)C(=O)NCc1ccccc1. The van der Waals surface area contributed by atoms with Crippen LogP contribution in [0.1, 0.15) is 5.56 Å². The summed E-state index contributed by atoms with van der Waals surface area (Å²) >= 11 is 0. The van der Waals surface area contributed by atoms with E-state index in [4.69, 9.17) is 15.2 Å². The van der Waals surface area contributed by atoms with Gasteiger partial charge in [0.2, 0.25) is 0 Å². The molecule has 0 bridgehead atoms. The summed E-state index contributed by atoms with van der Waals surface area (Å²) in [6.07, 6.45) is 0. The van der Waals surface area contributed by atoms with Gasteiger partial charge in [-0.15, -0.1) is 0 Å². The van der Waals surface area contributed by atoms with Crippen molar-refractivity contribution in [2.75, 3.05) is 20.8 Å². The van der Waals surface area contributed by atoms with E-state index in [0.717, 1.165) is 5.56 Å². The Bertz CT molecular complexity index is 342. The molecule has 0 saturated heterocycles. The number of amides is 1. The molecule has 0 fully saturated rings. The third-order valence-corrected chi connectivity index (χ3v) is 2.57. The molecule has 5 nitrogen and oxygen atoms in total. The van der Waals surface area contributed by atoms with Gasteiger partial charge >= 0.3 is 0 Å². The Balaban J connectivity index is 2.60.